The fraction of sp³-hybridized carbons (Fsp3) is 0.231. The third kappa shape index (κ3) is 2.56. The van der Waals surface area contributed by atoms with Crippen LogP contribution in [0.4, 0.5) is 0 Å². The van der Waals surface area contributed by atoms with Gasteiger partial charge in [0, 0.05) is 16.0 Å². The molecule has 0 aliphatic carbocycles. The number of aryl methyl sites for hydroxylation is 1. The lowest BCUT2D eigenvalue weighted by molar-refractivity contribution is -0.138. The summed E-state index contributed by atoms with van der Waals surface area (Å²) in [7, 11) is 0. The number of hydrogen-bond donors (Lipinski definition) is 2. The van der Waals surface area contributed by atoms with E-state index >= 15 is 0 Å². The average molecular weight is 282 g/mol. The first kappa shape index (κ1) is 13.4. The summed E-state index contributed by atoms with van der Waals surface area (Å²) in [6, 6.07) is 4.05. The highest BCUT2D eigenvalue weighted by Crippen LogP contribution is 2.27. The highest BCUT2D eigenvalue weighted by molar-refractivity contribution is 6.31. The molecule has 1 heterocycles. The molecule has 1 aromatic carbocycles. The van der Waals surface area contributed by atoms with Gasteiger partial charge in [0.15, 0.2) is 5.76 Å². The molecule has 0 aliphatic rings. The number of aliphatic carboxylic acids is 1. The highest BCUT2D eigenvalue weighted by Gasteiger charge is 2.21. The first-order valence-corrected chi connectivity index (χ1v) is 6.00. The largest absolute Gasteiger partial charge is 0.480 e. The van der Waals surface area contributed by atoms with Gasteiger partial charge in [-0.2, -0.15) is 0 Å². The van der Waals surface area contributed by atoms with Crippen LogP contribution in [-0.4, -0.2) is 23.0 Å². The van der Waals surface area contributed by atoms with E-state index in [-0.39, 0.29) is 5.76 Å². The van der Waals surface area contributed by atoms with Crippen LogP contribution in [0.5, 0.6) is 0 Å². The average Bonchev–Trinajstić information content (AvgIpc) is 2.66. The molecule has 0 spiro atoms. The minimum atomic E-state index is -1.11. The lowest BCUT2D eigenvalue weighted by atomic mass is 10.1. The number of amides is 1. The van der Waals surface area contributed by atoms with Crippen LogP contribution in [0.15, 0.2) is 22.6 Å². The molecular formula is C13H12ClNO4. The smallest absolute Gasteiger partial charge is 0.325 e. The van der Waals surface area contributed by atoms with Crippen molar-refractivity contribution >= 4 is 34.4 Å². The zero-order valence-electron chi connectivity index (χ0n) is 10.4. The lowest BCUT2D eigenvalue weighted by Gasteiger charge is -2.07. The quantitative estimate of drug-likeness (QED) is 0.906. The Balaban J connectivity index is 2.37. The summed E-state index contributed by atoms with van der Waals surface area (Å²) in [5.41, 5.74) is 1.17. The molecule has 0 fully saturated rings. The number of carboxylic acid groups (broad SMARTS) is 1. The van der Waals surface area contributed by atoms with E-state index < -0.39 is 17.9 Å². The summed E-state index contributed by atoms with van der Waals surface area (Å²) >= 11 is 5.89. The Hall–Kier alpha value is -2.01. The van der Waals surface area contributed by atoms with E-state index in [0.717, 1.165) is 5.39 Å². The topological polar surface area (TPSA) is 79.5 Å². The number of carbonyl (C=O) groups excluding carboxylic acids is 1. The second kappa shape index (κ2) is 4.93. The number of furan rings is 1. The maximum Gasteiger partial charge on any atom is 0.325 e. The van der Waals surface area contributed by atoms with E-state index in [0.29, 0.717) is 16.2 Å². The van der Waals surface area contributed by atoms with Crippen molar-refractivity contribution in [3.63, 3.8) is 0 Å². The molecule has 2 rings (SSSR count). The Bertz CT molecular complexity index is 662. The number of fused-ring (bicyclic) bond motifs is 1. The number of halogens is 1. The third-order valence-electron chi connectivity index (χ3n) is 2.82. The summed E-state index contributed by atoms with van der Waals surface area (Å²) in [4.78, 5) is 22.6. The van der Waals surface area contributed by atoms with Crippen molar-refractivity contribution in [3.05, 3.63) is 34.5 Å². The van der Waals surface area contributed by atoms with Gasteiger partial charge in [-0.3, -0.25) is 9.59 Å². The van der Waals surface area contributed by atoms with Gasteiger partial charge in [-0.25, -0.2) is 0 Å². The second-order valence-corrected chi connectivity index (χ2v) is 4.67. The highest BCUT2D eigenvalue weighted by atomic mass is 35.5. The molecule has 1 atom stereocenters. The number of carbonyl (C=O) groups is 2. The van der Waals surface area contributed by atoms with Crippen molar-refractivity contribution in [2.24, 2.45) is 0 Å². The third-order valence-corrected chi connectivity index (χ3v) is 3.06. The Labute approximate surface area is 114 Å². The van der Waals surface area contributed by atoms with Crippen molar-refractivity contribution in [1.29, 1.82) is 0 Å². The molecular weight excluding hydrogens is 270 g/mol. The molecule has 2 N–H and O–H groups in total. The van der Waals surface area contributed by atoms with Gasteiger partial charge in [0.05, 0.1) is 0 Å². The molecule has 100 valence electrons. The van der Waals surface area contributed by atoms with Gasteiger partial charge < -0.3 is 14.8 Å². The van der Waals surface area contributed by atoms with Gasteiger partial charge in [0.25, 0.3) is 5.91 Å². The number of carboxylic acids is 1. The Morgan fingerprint density at radius 2 is 2.11 bits per heavy atom. The Kier molecular flexibility index (Phi) is 3.48. The van der Waals surface area contributed by atoms with E-state index in [1.807, 2.05) is 0 Å². The first-order chi connectivity index (χ1) is 8.90. The molecule has 19 heavy (non-hydrogen) atoms. The first-order valence-electron chi connectivity index (χ1n) is 5.62. The molecule has 2 aromatic rings. The van der Waals surface area contributed by atoms with Crippen molar-refractivity contribution in [1.82, 2.24) is 5.32 Å². The van der Waals surface area contributed by atoms with Crippen LogP contribution in [-0.2, 0) is 4.79 Å². The number of rotatable bonds is 3. The minimum Gasteiger partial charge on any atom is -0.480 e. The zero-order chi connectivity index (χ0) is 14.2. The van der Waals surface area contributed by atoms with Gasteiger partial charge in [-0.15, -0.1) is 0 Å². The molecule has 1 amide bonds. The monoisotopic (exact) mass is 281 g/mol. The predicted molar refractivity (Wildman–Crippen MR) is 70.5 cm³/mol. The molecule has 5 nitrogen and oxygen atoms in total. The van der Waals surface area contributed by atoms with Gasteiger partial charge >= 0.3 is 5.97 Å². The lowest BCUT2D eigenvalue weighted by Crippen LogP contribution is -2.38. The summed E-state index contributed by atoms with van der Waals surface area (Å²) in [6.07, 6.45) is 0. The summed E-state index contributed by atoms with van der Waals surface area (Å²) in [5, 5.41) is 12.4. The minimum absolute atomic E-state index is 0.102. The van der Waals surface area contributed by atoms with Crippen molar-refractivity contribution in [2.45, 2.75) is 19.9 Å². The molecule has 0 aliphatic heterocycles. The number of nitrogens with one attached hydrogen (secondary N) is 1. The maximum absolute atomic E-state index is 11.9. The van der Waals surface area contributed by atoms with Crippen LogP contribution in [0.3, 0.4) is 0 Å². The molecule has 0 radical (unpaired) electrons. The van der Waals surface area contributed by atoms with Crippen LogP contribution >= 0.6 is 11.6 Å². The van der Waals surface area contributed by atoms with Crippen molar-refractivity contribution in [3.8, 4) is 0 Å². The summed E-state index contributed by atoms with van der Waals surface area (Å²) < 4.78 is 5.43. The molecule has 6 heteroatoms. The van der Waals surface area contributed by atoms with E-state index in [4.69, 9.17) is 21.1 Å². The van der Waals surface area contributed by atoms with E-state index in [1.165, 1.54) is 6.92 Å². The fourth-order valence-corrected chi connectivity index (χ4v) is 1.91. The van der Waals surface area contributed by atoms with E-state index in [1.54, 1.807) is 25.1 Å². The van der Waals surface area contributed by atoms with Gasteiger partial charge in [-0.05, 0) is 32.0 Å². The number of benzene rings is 1. The van der Waals surface area contributed by atoms with Gasteiger partial charge in [0.1, 0.15) is 11.6 Å². The maximum atomic E-state index is 11.9. The second-order valence-electron chi connectivity index (χ2n) is 4.23. The summed E-state index contributed by atoms with van der Waals surface area (Å²) in [5.74, 6) is -1.56. The van der Waals surface area contributed by atoms with Crippen LogP contribution in [0, 0.1) is 6.92 Å². The predicted octanol–water partition coefficient (Wildman–Crippen LogP) is 2.60. The van der Waals surface area contributed by atoms with Crippen LogP contribution in [0.2, 0.25) is 5.02 Å². The van der Waals surface area contributed by atoms with E-state index in [2.05, 4.69) is 5.32 Å². The SMILES string of the molecule is Cc1c(C(=O)N[C@@H](C)C(=O)O)oc2ccc(Cl)cc12. The zero-order valence-corrected chi connectivity index (χ0v) is 11.1. The standard InChI is InChI=1S/C13H12ClNO4/c1-6-9-5-8(14)3-4-10(9)19-11(6)12(16)15-7(2)13(17)18/h3-5,7H,1-2H3,(H,15,16)(H,17,18)/t7-/m0/s1. The van der Waals surface area contributed by atoms with Crippen LogP contribution in [0.25, 0.3) is 11.0 Å². The van der Waals surface area contributed by atoms with Crippen molar-refractivity contribution < 1.29 is 19.1 Å². The number of hydrogen-bond acceptors (Lipinski definition) is 3. The molecule has 0 unspecified atom stereocenters. The fourth-order valence-electron chi connectivity index (χ4n) is 1.73. The molecule has 0 saturated carbocycles. The van der Waals surface area contributed by atoms with Crippen LogP contribution in [0.1, 0.15) is 23.0 Å². The van der Waals surface area contributed by atoms with Crippen molar-refractivity contribution in [2.75, 3.05) is 0 Å². The van der Waals surface area contributed by atoms with Crippen LogP contribution < -0.4 is 5.32 Å². The summed E-state index contributed by atoms with van der Waals surface area (Å²) in [6.45, 7) is 3.11. The normalized spacial score (nSPS) is 12.4. The Morgan fingerprint density at radius 3 is 2.74 bits per heavy atom. The molecule has 0 saturated heterocycles. The van der Waals surface area contributed by atoms with E-state index in [9.17, 15) is 9.59 Å². The molecule has 0 bridgehead atoms. The molecule has 1 aromatic heterocycles. The van der Waals surface area contributed by atoms with Gasteiger partial charge in [-0.1, -0.05) is 11.6 Å². The Morgan fingerprint density at radius 1 is 1.42 bits per heavy atom. The van der Waals surface area contributed by atoms with Gasteiger partial charge in [0.2, 0.25) is 0 Å².